The van der Waals surface area contributed by atoms with Crippen molar-refractivity contribution in [3.05, 3.63) is 46.6 Å². The van der Waals surface area contributed by atoms with Crippen molar-refractivity contribution in [1.82, 2.24) is 4.98 Å². The zero-order chi connectivity index (χ0) is 12.7. The van der Waals surface area contributed by atoms with Gasteiger partial charge in [-0.1, -0.05) is 12.1 Å². The van der Waals surface area contributed by atoms with Crippen LogP contribution in [0, 0.1) is 6.92 Å². The number of rotatable bonds is 1. The Labute approximate surface area is 114 Å². The fraction of sp³-hybridized carbons (Fsp3) is 0.133. The number of aryl methyl sites for hydroxylation is 1. The quantitative estimate of drug-likeness (QED) is 0.619. The molecule has 2 aromatic carbocycles. The van der Waals surface area contributed by atoms with Crippen LogP contribution in [-0.4, -0.2) is 12.1 Å². The topological polar surface area (TPSA) is 22.1 Å². The molecule has 0 amide bonds. The molecule has 0 spiro atoms. The van der Waals surface area contributed by atoms with Crippen molar-refractivity contribution in [3.63, 3.8) is 0 Å². The largest absolute Gasteiger partial charge is 0.496 e. The maximum atomic E-state index is 5.36. The first-order valence-electron chi connectivity index (χ1n) is 5.71. The summed E-state index contributed by atoms with van der Waals surface area (Å²) in [6.45, 7) is 2.08. The van der Waals surface area contributed by atoms with Crippen LogP contribution in [0.5, 0.6) is 5.75 Å². The van der Waals surface area contributed by atoms with Gasteiger partial charge in [-0.3, -0.25) is 4.98 Å². The summed E-state index contributed by atoms with van der Waals surface area (Å²) in [6.07, 6.45) is 1.90. The molecular weight excluding hydrogens is 290 g/mol. The molecule has 1 heterocycles. The number of benzene rings is 2. The van der Waals surface area contributed by atoms with E-state index >= 15 is 0 Å². The van der Waals surface area contributed by atoms with Gasteiger partial charge < -0.3 is 4.74 Å². The summed E-state index contributed by atoms with van der Waals surface area (Å²) in [5, 5.41) is 3.43. The maximum Gasteiger partial charge on any atom is 0.133 e. The highest BCUT2D eigenvalue weighted by molar-refractivity contribution is 9.10. The van der Waals surface area contributed by atoms with E-state index in [0.717, 1.165) is 26.5 Å². The van der Waals surface area contributed by atoms with Crippen molar-refractivity contribution in [2.75, 3.05) is 7.11 Å². The molecule has 3 aromatic rings. The number of hydrogen-bond donors (Lipinski definition) is 0. The number of nitrogens with zero attached hydrogens (tertiary/aromatic N) is 1. The van der Waals surface area contributed by atoms with Crippen molar-refractivity contribution >= 4 is 37.6 Å². The molecule has 0 atom stereocenters. The molecule has 1 aromatic heterocycles. The van der Waals surface area contributed by atoms with Crippen molar-refractivity contribution in [2.24, 2.45) is 0 Å². The first-order valence-corrected chi connectivity index (χ1v) is 6.51. The Morgan fingerprint density at radius 1 is 1.11 bits per heavy atom. The number of methoxy groups -OCH3 is 1. The van der Waals surface area contributed by atoms with E-state index in [4.69, 9.17) is 4.74 Å². The number of hydrogen-bond acceptors (Lipinski definition) is 2. The fourth-order valence-electron chi connectivity index (χ4n) is 2.18. The van der Waals surface area contributed by atoms with E-state index in [1.54, 1.807) is 7.11 Å². The van der Waals surface area contributed by atoms with Crippen molar-refractivity contribution in [1.29, 1.82) is 0 Å². The molecule has 3 rings (SSSR count). The zero-order valence-corrected chi connectivity index (χ0v) is 11.8. The summed E-state index contributed by atoms with van der Waals surface area (Å²) in [7, 11) is 1.68. The van der Waals surface area contributed by atoms with E-state index in [-0.39, 0.29) is 0 Å². The minimum atomic E-state index is 0.843. The molecule has 0 radical (unpaired) electrons. The van der Waals surface area contributed by atoms with E-state index in [0.29, 0.717) is 0 Å². The molecule has 18 heavy (non-hydrogen) atoms. The average molecular weight is 302 g/mol. The van der Waals surface area contributed by atoms with E-state index in [9.17, 15) is 0 Å². The average Bonchev–Trinajstić information content (AvgIpc) is 2.37. The second-order valence-electron chi connectivity index (χ2n) is 4.35. The number of aromatic nitrogens is 1. The standard InChI is InChI=1S/C15H12BrNO/c1-9-3-4-11-12-7-15(18-2)13(16)6-10(12)8-17-14(11)5-9/h3-8H,1-2H3. The lowest BCUT2D eigenvalue weighted by Crippen LogP contribution is -1.87. The van der Waals surface area contributed by atoms with Crippen LogP contribution < -0.4 is 4.74 Å². The second kappa shape index (κ2) is 4.25. The van der Waals surface area contributed by atoms with Gasteiger partial charge in [0.05, 0.1) is 17.1 Å². The van der Waals surface area contributed by atoms with Gasteiger partial charge in [-0.05, 0) is 52.0 Å². The monoisotopic (exact) mass is 301 g/mol. The Balaban J connectivity index is 2.45. The Morgan fingerprint density at radius 3 is 2.72 bits per heavy atom. The molecule has 0 aliphatic rings. The van der Waals surface area contributed by atoms with E-state index in [2.05, 4.69) is 52.1 Å². The smallest absolute Gasteiger partial charge is 0.133 e. The van der Waals surface area contributed by atoms with Gasteiger partial charge in [0, 0.05) is 17.0 Å². The van der Waals surface area contributed by atoms with Gasteiger partial charge in [0.1, 0.15) is 5.75 Å². The molecule has 3 heteroatoms. The van der Waals surface area contributed by atoms with E-state index < -0.39 is 0 Å². The molecule has 2 nitrogen and oxygen atoms in total. The summed E-state index contributed by atoms with van der Waals surface area (Å²) in [5.74, 6) is 0.843. The van der Waals surface area contributed by atoms with Gasteiger partial charge in [0.25, 0.3) is 0 Å². The predicted molar refractivity (Wildman–Crippen MR) is 78.2 cm³/mol. The van der Waals surface area contributed by atoms with Crippen molar-refractivity contribution < 1.29 is 4.74 Å². The third kappa shape index (κ3) is 1.75. The van der Waals surface area contributed by atoms with Crippen molar-refractivity contribution in [2.45, 2.75) is 6.92 Å². The van der Waals surface area contributed by atoms with Crippen LogP contribution in [-0.2, 0) is 0 Å². The molecule has 0 fully saturated rings. The van der Waals surface area contributed by atoms with Gasteiger partial charge >= 0.3 is 0 Å². The van der Waals surface area contributed by atoms with E-state index in [1.165, 1.54) is 10.9 Å². The van der Waals surface area contributed by atoms with Crippen LogP contribution in [0.1, 0.15) is 5.56 Å². The Morgan fingerprint density at radius 2 is 1.94 bits per heavy atom. The highest BCUT2D eigenvalue weighted by Crippen LogP contribution is 2.33. The zero-order valence-electron chi connectivity index (χ0n) is 10.2. The summed E-state index contributed by atoms with van der Waals surface area (Å²) in [4.78, 5) is 4.51. The molecule has 0 N–H and O–H groups in total. The molecule has 0 saturated carbocycles. The van der Waals surface area contributed by atoms with Gasteiger partial charge in [0.2, 0.25) is 0 Å². The van der Waals surface area contributed by atoms with Gasteiger partial charge in [-0.25, -0.2) is 0 Å². The molecule has 0 bridgehead atoms. The van der Waals surface area contributed by atoms with Gasteiger partial charge in [-0.15, -0.1) is 0 Å². The number of halogens is 1. The molecule has 0 unspecified atom stereocenters. The SMILES string of the molecule is COc1cc2c(cnc3cc(C)ccc32)cc1Br. The third-order valence-corrected chi connectivity index (χ3v) is 3.73. The lowest BCUT2D eigenvalue weighted by Gasteiger charge is -2.08. The fourth-order valence-corrected chi connectivity index (χ4v) is 2.70. The second-order valence-corrected chi connectivity index (χ2v) is 5.21. The molecular formula is C15H12BrNO. The Kier molecular flexibility index (Phi) is 2.71. The Bertz CT molecular complexity index is 752. The first kappa shape index (κ1) is 11.5. The minimum Gasteiger partial charge on any atom is -0.496 e. The summed E-state index contributed by atoms with van der Waals surface area (Å²) < 4.78 is 6.31. The van der Waals surface area contributed by atoms with Gasteiger partial charge in [-0.2, -0.15) is 0 Å². The van der Waals surface area contributed by atoms with Crippen LogP contribution in [0.2, 0.25) is 0 Å². The third-order valence-electron chi connectivity index (χ3n) is 3.11. The van der Waals surface area contributed by atoms with Gasteiger partial charge in [0.15, 0.2) is 0 Å². The van der Waals surface area contributed by atoms with Crippen molar-refractivity contribution in [3.8, 4) is 5.75 Å². The maximum absolute atomic E-state index is 5.36. The molecule has 0 aliphatic carbocycles. The number of ether oxygens (including phenoxy) is 1. The lowest BCUT2D eigenvalue weighted by atomic mass is 10.1. The van der Waals surface area contributed by atoms with Crippen LogP contribution in [0.3, 0.4) is 0 Å². The molecule has 0 saturated heterocycles. The summed E-state index contributed by atoms with van der Waals surface area (Å²) in [6, 6.07) is 10.4. The Hall–Kier alpha value is -1.61. The van der Waals surface area contributed by atoms with Crippen LogP contribution in [0.15, 0.2) is 41.0 Å². The summed E-state index contributed by atoms with van der Waals surface area (Å²) in [5.41, 5.74) is 2.24. The normalized spacial score (nSPS) is 11.1. The number of fused-ring (bicyclic) bond motifs is 3. The molecule has 90 valence electrons. The first-order chi connectivity index (χ1) is 8.69. The lowest BCUT2D eigenvalue weighted by molar-refractivity contribution is 0.413. The highest BCUT2D eigenvalue weighted by atomic mass is 79.9. The highest BCUT2D eigenvalue weighted by Gasteiger charge is 2.07. The van der Waals surface area contributed by atoms with Crippen LogP contribution in [0.25, 0.3) is 21.7 Å². The van der Waals surface area contributed by atoms with Crippen LogP contribution >= 0.6 is 15.9 Å². The predicted octanol–water partition coefficient (Wildman–Crippen LogP) is 4.47. The number of pyridine rings is 1. The minimum absolute atomic E-state index is 0.843. The van der Waals surface area contributed by atoms with E-state index in [1.807, 2.05) is 12.3 Å². The molecule has 0 aliphatic heterocycles. The summed E-state index contributed by atoms with van der Waals surface area (Å²) >= 11 is 3.50. The van der Waals surface area contributed by atoms with Crippen LogP contribution in [0.4, 0.5) is 0 Å².